The molecule has 0 aliphatic heterocycles. The van der Waals surface area contributed by atoms with Crippen molar-refractivity contribution in [1.29, 1.82) is 0 Å². The average Bonchev–Trinajstić information content (AvgIpc) is 2.89. The predicted octanol–water partition coefficient (Wildman–Crippen LogP) is 2.08. The average molecular weight is 269 g/mol. The summed E-state index contributed by atoms with van der Waals surface area (Å²) in [6.07, 6.45) is 0.794. The molecule has 0 aliphatic rings. The van der Waals surface area contributed by atoms with E-state index in [1.165, 1.54) is 0 Å². The van der Waals surface area contributed by atoms with Crippen LogP contribution in [-0.2, 0) is 13.5 Å². The molecule has 0 amide bonds. The minimum atomic E-state index is 0.614. The molecule has 20 heavy (non-hydrogen) atoms. The van der Waals surface area contributed by atoms with Gasteiger partial charge in [-0.15, -0.1) is 0 Å². The summed E-state index contributed by atoms with van der Waals surface area (Å²) in [7, 11) is 2.04. The van der Waals surface area contributed by atoms with E-state index in [1.807, 2.05) is 27.0 Å². The first-order valence-corrected chi connectivity index (χ1v) is 6.79. The van der Waals surface area contributed by atoms with Gasteiger partial charge in [-0.05, 0) is 32.5 Å². The number of hydrogen-bond donors (Lipinski definition) is 2. The Bertz CT molecular complexity index is 766. The predicted molar refractivity (Wildman–Crippen MR) is 80.5 cm³/mol. The molecule has 0 bridgehead atoms. The number of nitrogens with two attached hydrogens (primary N) is 1. The van der Waals surface area contributed by atoms with E-state index in [-0.39, 0.29) is 0 Å². The lowest BCUT2D eigenvalue weighted by Gasteiger charge is -2.06. The van der Waals surface area contributed by atoms with E-state index in [1.54, 1.807) is 0 Å². The fourth-order valence-electron chi connectivity index (χ4n) is 2.73. The summed E-state index contributed by atoms with van der Waals surface area (Å²) in [5.74, 6) is 1.96. The fourth-order valence-corrected chi connectivity index (χ4v) is 2.73. The Kier molecular flexibility index (Phi) is 3.06. The third-order valence-electron chi connectivity index (χ3n) is 3.60. The molecule has 0 unspecified atom stereocenters. The van der Waals surface area contributed by atoms with Gasteiger partial charge in [0.05, 0.1) is 22.4 Å². The van der Waals surface area contributed by atoms with Gasteiger partial charge in [0.15, 0.2) is 0 Å². The third kappa shape index (κ3) is 2.00. The van der Waals surface area contributed by atoms with E-state index in [0.717, 1.165) is 46.1 Å². The quantitative estimate of drug-likeness (QED) is 0.764. The molecule has 104 valence electrons. The van der Waals surface area contributed by atoms with Gasteiger partial charge in [-0.3, -0.25) is 0 Å². The normalized spacial score (nSPS) is 11.4. The number of aryl methyl sites for hydroxylation is 2. The Morgan fingerprint density at radius 1 is 1.25 bits per heavy atom. The molecule has 1 aromatic carbocycles. The van der Waals surface area contributed by atoms with Crippen molar-refractivity contribution >= 4 is 11.0 Å². The molecule has 0 saturated carbocycles. The lowest BCUT2D eigenvalue weighted by atomic mass is 10.1. The van der Waals surface area contributed by atoms with Crippen LogP contribution >= 0.6 is 0 Å². The summed E-state index contributed by atoms with van der Waals surface area (Å²) >= 11 is 0. The zero-order chi connectivity index (χ0) is 14.3. The van der Waals surface area contributed by atoms with Gasteiger partial charge in [-0.2, -0.15) is 0 Å². The molecule has 0 fully saturated rings. The Hall–Kier alpha value is -2.14. The topological polar surface area (TPSA) is 72.5 Å². The first-order valence-electron chi connectivity index (χ1n) is 6.79. The zero-order valence-electron chi connectivity index (χ0n) is 12.1. The van der Waals surface area contributed by atoms with Gasteiger partial charge < -0.3 is 15.3 Å². The van der Waals surface area contributed by atoms with Crippen molar-refractivity contribution in [2.45, 2.75) is 20.3 Å². The Balaban J connectivity index is 2.14. The number of aromatic nitrogens is 4. The van der Waals surface area contributed by atoms with Crippen LogP contribution < -0.4 is 5.73 Å². The molecule has 5 nitrogen and oxygen atoms in total. The standard InChI is InChI=1S/C15H19N5/c1-9-15(20(3)14(17-9)6-7-16)11-4-5-12-13(8-11)19-10(2)18-12/h4-5,8H,6-7,16H2,1-3H3,(H,18,19). The van der Waals surface area contributed by atoms with Crippen LogP contribution in [0.15, 0.2) is 18.2 Å². The second-order valence-electron chi connectivity index (χ2n) is 5.11. The van der Waals surface area contributed by atoms with Gasteiger partial charge in [-0.25, -0.2) is 9.97 Å². The number of benzene rings is 1. The summed E-state index contributed by atoms with van der Waals surface area (Å²) in [5.41, 5.74) is 11.0. The lowest BCUT2D eigenvalue weighted by Crippen LogP contribution is -2.08. The van der Waals surface area contributed by atoms with Gasteiger partial charge >= 0.3 is 0 Å². The van der Waals surface area contributed by atoms with E-state index in [4.69, 9.17) is 5.73 Å². The monoisotopic (exact) mass is 269 g/mol. The second kappa shape index (κ2) is 4.76. The van der Waals surface area contributed by atoms with Gasteiger partial charge in [0.1, 0.15) is 11.6 Å². The molecule has 2 heterocycles. The van der Waals surface area contributed by atoms with E-state index in [0.29, 0.717) is 6.54 Å². The Morgan fingerprint density at radius 2 is 2.05 bits per heavy atom. The lowest BCUT2D eigenvalue weighted by molar-refractivity contribution is 0.782. The first kappa shape index (κ1) is 12.9. The zero-order valence-corrected chi connectivity index (χ0v) is 12.1. The smallest absolute Gasteiger partial charge is 0.110 e. The highest BCUT2D eigenvalue weighted by Gasteiger charge is 2.13. The molecule has 0 atom stereocenters. The molecule has 0 spiro atoms. The van der Waals surface area contributed by atoms with Crippen LogP contribution in [0.2, 0.25) is 0 Å². The van der Waals surface area contributed by atoms with E-state index >= 15 is 0 Å². The molecule has 0 aliphatic carbocycles. The highest BCUT2D eigenvalue weighted by Crippen LogP contribution is 2.26. The van der Waals surface area contributed by atoms with Crippen LogP contribution in [0, 0.1) is 13.8 Å². The Morgan fingerprint density at radius 3 is 2.80 bits per heavy atom. The maximum atomic E-state index is 5.64. The molecular formula is C15H19N5. The van der Waals surface area contributed by atoms with E-state index < -0.39 is 0 Å². The number of rotatable bonds is 3. The number of aromatic amines is 1. The number of nitrogens with one attached hydrogen (secondary N) is 1. The number of fused-ring (bicyclic) bond motifs is 1. The molecule has 3 rings (SSSR count). The second-order valence-corrected chi connectivity index (χ2v) is 5.11. The summed E-state index contributed by atoms with van der Waals surface area (Å²) in [6.45, 7) is 4.62. The largest absolute Gasteiger partial charge is 0.342 e. The van der Waals surface area contributed by atoms with E-state index in [2.05, 4.69) is 31.7 Å². The Labute approximate surface area is 117 Å². The van der Waals surface area contributed by atoms with Crippen LogP contribution in [0.3, 0.4) is 0 Å². The maximum absolute atomic E-state index is 5.64. The van der Waals surface area contributed by atoms with Crippen molar-refractivity contribution in [3.05, 3.63) is 35.5 Å². The summed E-state index contributed by atoms with van der Waals surface area (Å²) in [5, 5.41) is 0. The molecule has 0 saturated heterocycles. The van der Waals surface area contributed by atoms with Crippen molar-refractivity contribution in [2.24, 2.45) is 12.8 Å². The molecule has 0 radical (unpaired) electrons. The van der Waals surface area contributed by atoms with Crippen LogP contribution in [0.4, 0.5) is 0 Å². The summed E-state index contributed by atoms with van der Waals surface area (Å²) in [4.78, 5) is 12.3. The highest BCUT2D eigenvalue weighted by molar-refractivity contribution is 5.81. The van der Waals surface area contributed by atoms with Crippen molar-refractivity contribution in [2.75, 3.05) is 6.54 Å². The molecular weight excluding hydrogens is 250 g/mol. The van der Waals surface area contributed by atoms with Crippen molar-refractivity contribution < 1.29 is 0 Å². The molecule has 3 N–H and O–H groups in total. The maximum Gasteiger partial charge on any atom is 0.110 e. The number of nitrogens with zero attached hydrogens (tertiary/aromatic N) is 3. The van der Waals surface area contributed by atoms with Crippen LogP contribution in [-0.4, -0.2) is 26.1 Å². The van der Waals surface area contributed by atoms with Gasteiger partial charge in [0.25, 0.3) is 0 Å². The molecule has 5 heteroatoms. The summed E-state index contributed by atoms with van der Waals surface area (Å²) < 4.78 is 2.13. The minimum Gasteiger partial charge on any atom is -0.342 e. The third-order valence-corrected chi connectivity index (χ3v) is 3.60. The van der Waals surface area contributed by atoms with Crippen molar-refractivity contribution in [3.8, 4) is 11.3 Å². The fraction of sp³-hybridized carbons (Fsp3) is 0.333. The van der Waals surface area contributed by atoms with Crippen LogP contribution in [0.1, 0.15) is 17.3 Å². The number of H-pyrrole nitrogens is 1. The highest BCUT2D eigenvalue weighted by atomic mass is 15.1. The SMILES string of the molecule is Cc1nc2ccc(-c3c(C)nc(CCN)n3C)cc2[nH]1. The van der Waals surface area contributed by atoms with Crippen molar-refractivity contribution in [3.63, 3.8) is 0 Å². The molecule has 2 aromatic heterocycles. The number of imidazole rings is 2. The molecule has 3 aromatic rings. The van der Waals surface area contributed by atoms with Gasteiger partial charge in [0, 0.05) is 19.0 Å². The van der Waals surface area contributed by atoms with Gasteiger partial charge in [-0.1, -0.05) is 6.07 Å². The van der Waals surface area contributed by atoms with Gasteiger partial charge in [0.2, 0.25) is 0 Å². The van der Waals surface area contributed by atoms with Crippen LogP contribution in [0.25, 0.3) is 22.3 Å². The van der Waals surface area contributed by atoms with E-state index in [9.17, 15) is 0 Å². The first-order chi connectivity index (χ1) is 9.60. The van der Waals surface area contributed by atoms with Crippen LogP contribution in [0.5, 0.6) is 0 Å². The minimum absolute atomic E-state index is 0.614. The summed E-state index contributed by atoms with van der Waals surface area (Å²) in [6, 6.07) is 6.27. The van der Waals surface area contributed by atoms with Crippen molar-refractivity contribution in [1.82, 2.24) is 19.5 Å². The number of hydrogen-bond acceptors (Lipinski definition) is 3.